The van der Waals surface area contributed by atoms with Gasteiger partial charge < -0.3 is 24.3 Å². The molecule has 1 N–H and O–H groups in total. The summed E-state index contributed by atoms with van der Waals surface area (Å²) in [6.45, 7) is 9.49. The Morgan fingerprint density at radius 2 is 1.71 bits per heavy atom. The second-order valence-electron chi connectivity index (χ2n) is 5.60. The highest BCUT2D eigenvalue weighted by Gasteiger charge is 2.33. The van der Waals surface area contributed by atoms with Gasteiger partial charge in [0.15, 0.2) is 0 Å². The molecule has 0 aromatic heterocycles. The van der Waals surface area contributed by atoms with Gasteiger partial charge in [0.2, 0.25) is 0 Å². The van der Waals surface area contributed by atoms with Gasteiger partial charge in [-0.3, -0.25) is 0 Å². The number of rotatable bonds is 12. The van der Waals surface area contributed by atoms with Gasteiger partial charge in [0.05, 0.1) is 38.6 Å². The van der Waals surface area contributed by atoms with Gasteiger partial charge >= 0.3 is 0 Å². The van der Waals surface area contributed by atoms with E-state index in [1.165, 1.54) is 0 Å². The Bertz CT molecular complexity index is 246. The van der Waals surface area contributed by atoms with Gasteiger partial charge in [-0.2, -0.15) is 0 Å². The van der Waals surface area contributed by atoms with Gasteiger partial charge in [-0.15, -0.1) is 0 Å². The Kier molecular flexibility index (Phi) is 10.2. The zero-order valence-electron chi connectivity index (χ0n) is 14.0. The van der Waals surface area contributed by atoms with Gasteiger partial charge in [0.25, 0.3) is 0 Å². The maximum absolute atomic E-state index is 5.99. The number of hydrogen-bond donors (Lipinski definition) is 1. The highest BCUT2D eigenvalue weighted by Crippen LogP contribution is 2.31. The van der Waals surface area contributed by atoms with E-state index in [1.54, 1.807) is 7.11 Å². The summed E-state index contributed by atoms with van der Waals surface area (Å²) in [4.78, 5) is 0. The fraction of sp³-hybridized carbons (Fsp3) is 1.00. The van der Waals surface area contributed by atoms with Gasteiger partial charge in [-0.05, 0) is 25.7 Å². The van der Waals surface area contributed by atoms with Gasteiger partial charge in [0.1, 0.15) is 0 Å². The van der Waals surface area contributed by atoms with Crippen molar-refractivity contribution in [3.63, 3.8) is 0 Å². The van der Waals surface area contributed by atoms with Crippen LogP contribution in [0.4, 0.5) is 0 Å². The van der Waals surface area contributed by atoms with Crippen molar-refractivity contribution in [2.24, 2.45) is 0 Å². The molecule has 1 rings (SSSR count). The molecule has 5 heteroatoms. The third-order valence-corrected chi connectivity index (χ3v) is 4.26. The lowest BCUT2D eigenvalue weighted by Crippen LogP contribution is -2.47. The van der Waals surface area contributed by atoms with Crippen molar-refractivity contribution < 1.29 is 18.9 Å². The molecule has 21 heavy (non-hydrogen) atoms. The van der Waals surface area contributed by atoms with Crippen LogP contribution in [0, 0.1) is 0 Å². The molecular formula is C16H33NO4. The van der Waals surface area contributed by atoms with E-state index in [0.717, 1.165) is 45.4 Å². The normalized spacial score (nSPS) is 21.6. The first-order valence-corrected chi connectivity index (χ1v) is 8.28. The van der Waals surface area contributed by atoms with E-state index < -0.39 is 0 Å². The molecule has 0 aliphatic carbocycles. The maximum atomic E-state index is 5.99. The SMILES string of the molecule is CCC1(CC)CC(NCCOCCOCCOC)CCO1. The molecule has 1 aliphatic rings. The van der Waals surface area contributed by atoms with Crippen molar-refractivity contribution in [1.82, 2.24) is 5.32 Å². The minimum Gasteiger partial charge on any atom is -0.382 e. The van der Waals surface area contributed by atoms with E-state index in [0.29, 0.717) is 32.5 Å². The molecule has 126 valence electrons. The molecule has 0 aromatic carbocycles. The summed E-state index contributed by atoms with van der Waals surface area (Å²) in [6.07, 6.45) is 4.40. The van der Waals surface area contributed by atoms with Crippen LogP contribution in [0.15, 0.2) is 0 Å². The van der Waals surface area contributed by atoms with Crippen LogP contribution in [0.2, 0.25) is 0 Å². The first-order chi connectivity index (χ1) is 10.3. The summed E-state index contributed by atoms with van der Waals surface area (Å²) >= 11 is 0. The molecule has 0 radical (unpaired) electrons. The van der Waals surface area contributed by atoms with Crippen LogP contribution in [0.25, 0.3) is 0 Å². The molecule has 1 fully saturated rings. The summed E-state index contributed by atoms with van der Waals surface area (Å²) in [5.41, 5.74) is 0.0892. The lowest BCUT2D eigenvalue weighted by molar-refractivity contribution is -0.0934. The number of hydrogen-bond acceptors (Lipinski definition) is 5. The van der Waals surface area contributed by atoms with Crippen LogP contribution in [-0.4, -0.2) is 64.9 Å². The standard InChI is InChI=1S/C16H33NO4/c1-4-16(5-2)14-15(6-8-21-16)17-7-9-19-12-13-20-11-10-18-3/h15,17H,4-14H2,1-3H3. The lowest BCUT2D eigenvalue weighted by atomic mass is 9.86. The Hall–Kier alpha value is -0.200. The third-order valence-electron chi connectivity index (χ3n) is 4.26. The third kappa shape index (κ3) is 7.56. The average molecular weight is 303 g/mol. The van der Waals surface area contributed by atoms with E-state index >= 15 is 0 Å². The van der Waals surface area contributed by atoms with Gasteiger partial charge in [0, 0.05) is 26.3 Å². The van der Waals surface area contributed by atoms with Crippen LogP contribution in [0.5, 0.6) is 0 Å². The first kappa shape index (κ1) is 18.8. The molecule has 0 aromatic rings. The zero-order chi connectivity index (χ0) is 15.4. The van der Waals surface area contributed by atoms with E-state index in [1.807, 2.05) is 0 Å². The van der Waals surface area contributed by atoms with Crippen LogP contribution < -0.4 is 5.32 Å². The molecule has 0 bridgehead atoms. The number of nitrogens with one attached hydrogen (secondary N) is 1. The number of ether oxygens (including phenoxy) is 4. The Morgan fingerprint density at radius 1 is 1.05 bits per heavy atom. The second-order valence-corrected chi connectivity index (χ2v) is 5.60. The fourth-order valence-corrected chi connectivity index (χ4v) is 2.74. The lowest BCUT2D eigenvalue weighted by Gasteiger charge is -2.40. The Morgan fingerprint density at radius 3 is 2.38 bits per heavy atom. The summed E-state index contributed by atoms with van der Waals surface area (Å²) in [7, 11) is 1.67. The van der Waals surface area contributed by atoms with E-state index in [-0.39, 0.29) is 5.60 Å². The summed E-state index contributed by atoms with van der Waals surface area (Å²) < 4.78 is 21.8. The van der Waals surface area contributed by atoms with Crippen molar-refractivity contribution in [1.29, 1.82) is 0 Å². The first-order valence-electron chi connectivity index (χ1n) is 8.28. The van der Waals surface area contributed by atoms with Gasteiger partial charge in [-0.1, -0.05) is 13.8 Å². The van der Waals surface area contributed by atoms with E-state index in [9.17, 15) is 0 Å². The molecule has 5 nitrogen and oxygen atoms in total. The molecule has 0 saturated carbocycles. The minimum absolute atomic E-state index is 0.0892. The topological polar surface area (TPSA) is 49.0 Å². The Labute approximate surface area is 129 Å². The van der Waals surface area contributed by atoms with Crippen LogP contribution in [0.3, 0.4) is 0 Å². The molecule has 1 atom stereocenters. The monoisotopic (exact) mass is 303 g/mol. The minimum atomic E-state index is 0.0892. The molecule has 0 amide bonds. The zero-order valence-corrected chi connectivity index (χ0v) is 14.0. The molecule has 0 spiro atoms. The summed E-state index contributed by atoms with van der Waals surface area (Å²) in [5.74, 6) is 0. The van der Waals surface area contributed by atoms with Crippen molar-refractivity contribution >= 4 is 0 Å². The second kappa shape index (κ2) is 11.4. The predicted molar refractivity (Wildman–Crippen MR) is 83.8 cm³/mol. The van der Waals surface area contributed by atoms with Crippen molar-refractivity contribution in [3.8, 4) is 0 Å². The van der Waals surface area contributed by atoms with Gasteiger partial charge in [-0.25, -0.2) is 0 Å². The maximum Gasteiger partial charge on any atom is 0.0701 e. The highest BCUT2D eigenvalue weighted by molar-refractivity contribution is 4.87. The number of methoxy groups -OCH3 is 1. The van der Waals surface area contributed by atoms with Crippen LogP contribution in [-0.2, 0) is 18.9 Å². The molecular weight excluding hydrogens is 270 g/mol. The molecule has 1 heterocycles. The van der Waals surface area contributed by atoms with Crippen molar-refractivity contribution in [2.75, 3.05) is 53.3 Å². The molecule has 1 aliphatic heterocycles. The largest absolute Gasteiger partial charge is 0.382 e. The van der Waals surface area contributed by atoms with Crippen molar-refractivity contribution in [2.45, 2.75) is 51.2 Å². The Balaban J connectivity index is 2.00. The summed E-state index contributed by atoms with van der Waals surface area (Å²) in [6, 6.07) is 0.556. The predicted octanol–water partition coefficient (Wildman–Crippen LogP) is 1.99. The van der Waals surface area contributed by atoms with E-state index in [2.05, 4.69) is 19.2 Å². The summed E-state index contributed by atoms with van der Waals surface area (Å²) in [5, 5.41) is 3.59. The molecule has 1 saturated heterocycles. The highest BCUT2D eigenvalue weighted by atomic mass is 16.5. The fourth-order valence-electron chi connectivity index (χ4n) is 2.74. The van der Waals surface area contributed by atoms with Crippen molar-refractivity contribution in [3.05, 3.63) is 0 Å². The quantitative estimate of drug-likeness (QED) is 0.559. The molecule has 1 unspecified atom stereocenters. The average Bonchev–Trinajstić information content (AvgIpc) is 2.53. The van der Waals surface area contributed by atoms with E-state index in [4.69, 9.17) is 18.9 Å². The smallest absolute Gasteiger partial charge is 0.0701 e. The van der Waals surface area contributed by atoms with Crippen LogP contribution in [0.1, 0.15) is 39.5 Å². The van der Waals surface area contributed by atoms with Crippen LogP contribution >= 0.6 is 0 Å².